The van der Waals surface area contributed by atoms with Gasteiger partial charge in [-0.25, -0.2) is 8.42 Å². The van der Waals surface area contributed by atoms with Crippen molar-refractivity contribution in [2.45, 2.75) is 25.2 Å². The van der Waals surface area contributed by atoms with Crippen LogP contribution < -0.4 is 5.32 Å². The Balaban J connectivity index is 1.66. The lowest BCUT2D eigenvalue weighted by Crippen LogP contribution is -2.11. The highest BCUT2D eigenvalue weighted by molar-refractivity contribution is 7.91. The molecule has 2 fully saturated rings. The molecule has 0 spiro atoms. The largest absolute Gasteiger partial charge is 0.339 e. The molecule has 2 unspecified atom stereocenters. The Kier molecular flexibility index (Phi) is 3.11. The number of rotatable bonds is 3. The first-order valence-electron chi connectivity index (χ1n) is 6.36. The van der Waals surface area contributed by atoms with E-state index in [0.29, 0.717) is 24.1 Å². The highest BCUT2D eigenvalue weighted by atomic mass is 32.2. The van der Waals surface area contributed by atoms with Gasteiger partial charge in [0.15, 0.2) is 15.7 Å². The van der Waals surface area contributed by atoms with Gasteiger partial charge in [0.1, 0.15) is 0 Å². The fraction of sp³-hybridized carbons (Fsp3) is 0.818. The van der Waals surface area contributed by atoms with E-state index < -0.39 is 9.84 Å². The van der Waals surface area contributed by atoms with Crippen molar-refractivity contribution in [2.75, 3.05) is 24.6 Å². The number of hydrogen-bond acceptors (Lipinski definition) is 6. The minimum Gasteiger partial charge on any atom is -0.339 e. The van der Waals surface area contributed by atoms with Crippen LogP contribution in [-0.2, 0) is 16.3 Å². The van der Waals surface area contributed by atoms with E-state index in [-0.39, 0.29) is 17.4 Å². The van der Waals surface area contributed by atoms with Crippen molar-refractivity contribution >= 4 is 9.84 Å². The quantitative estimate of drug-likeness (QED) is 0.840. The molecule has 2 aliphatic heterocycles. The van der Waals surface area contributed by atoms with Crippen LogP contribution in [-0.4, -0.2) is 43.2 Å². The second-order valence-corrected chi connectivity index (χ2v) is 7.44. The standard InChI is InChI=1S/C11H17N3O3S/c15-18(16)4-2-9(7-18)11-13-10(17-14-11)5-8-1-3-12-6-8/h8-9,12H,1-7H2. The molecule has 1 aromatic heterocycles. The highest BCUT2D eigenvalue weighted by Gasteiger charge is 2.32. The van der Waals surface area contributed by atoms with Gasteiger partial charge in [-0.05, 0) is 31.8 Å². The number of sulfone groups is 1. The van der Waals surface area contributed by atoms with Gasteiger partial charge in [-0.15, -0.1) is 0 Å². The van der Waals surface area contributed by atoms with Gasteiger partial charge in [0, 0.05) is 12.3 Å². The predicted molar refractivity (Wildman–Crippen MR) is 65.0 cm³/mol. The average Bonchev–Trinajstić information content (AvgIpc) is 3.00. The van der Waals surface area contributed by atoms with E-state index in [1.54, 1.807) is 0 Å². The minimum atomic E-state index is -2.89. The maximum atomic E-state index is 11.4. The molecular formula is C11H17N3O3S. The molecule has 2 atom stereocenters. The molecule has 3 heterocycles. The van der Waals surface area contributed by atoms with Crippen molar-refractivity contribution in [3.63, 3.8) is 0 Å². The van der Waals surface area contributed by atoms with E-state index in [1.165, 1.54) is 0 Å². The van der Waals surface area contributed by atoms with Gasteiger partial charge in [0.05, 0.1) is 11.5 Å². The molecule has 0 amide bonds. The van der Waals surface area contributed by atoms with E-state index in [2.05, 4.69) is 15.5 Å². The van der Waals surface area contributed by atoms with Gasteiger partial charge in [-0.3, -0.25) is 0 Å². The van der Waals surface area contributed by atoms with Crippen LogP contribution in [0.1, 0.15) is 30.5 Å². The summed E-state index contributed by atoms with van der Waals surface area (Å²) in [5.41, 5.74) is 0. The fourth-order valence-corrected chi connectivity index (χ4v) is 4.39. The van der Waals surface area contributed by atoms with Crippen LogP contribution in [0.5, 0.6) is 0 Å². The molecular weight excluding hydrogens is 254 g/mol. The molecule has 2 saturated heterocycles. The number of hydrogen-bond donors (Lipinski definition) is 1. The zero-order valence-electron chi connectivity index (χ0n) is 10.1. The molecule has 2 aliphatic rings. The smallest absolute Gasteiger partial charge is 0.226 e. The van der Waals surface area contributed by atoms with E-state index in [1.807, 2.05) is 0 Å². The molecule has 7 heteroatoms. The third-order valence-corrected chi connectivity index (χ3v) is 5.47. The monoisotopic (exact) mass is 271 g/mol. The summed E-state index contributed by atoms with van der Waals surface area (Å²) in [4.78, 5) is 4.35. The van der Waals surface area contributed by atoms with Crippen LogP contribution >= 0.6 is 0 Å². The molecule has 6 nitrogen and oxygen atoms in total. The van der Waals surface area contributed by atoms with E-state index in [0.717, 1.165) is 25.9 Å². The number of nitrogens with one attached hydrogen (secondary N) is 1. The molecule has 1 N–H and O–H groups in total. The third kappa shape index (κ3) is 2.56. The van der Waals surface area contributed by atoms with Gasteiger partial charge in [-0.2, -0.15) is 4.98 Å². The van der Waals surface area contributed by atoms with Crippen LogP contribution in [0, 0.1) is 5.92 Å². The van der Waals surface area contributed by atoms with Crippen molar-refractivity contribution in [2.24, 2.45) is 5.92 Å². The lowest BCUT2D eigenvalue weighted by molar-refractivity contribution is 0.352. The summed E-state index contributed by atoms with van der Waals surface area (Å²) >= 11 is 0. The van der Waals surface area contributed by atoms with Crippen LogP contribution in [0.2, 0.25) is 0 Å². The first kappa shape index (κ1) is 12.1. The van der Waals surface area contributed by atoms with Crippen molar-refractivity contribution in [1.82, 2.24) is 15.5 Å². The first-order chi connectivity index (χ1) is 8.62. The maximum absolute atomic E-state index is 11.4. The SMILES string of the molecule is O=S1(=O)CCC(c2noc(CC3CCNC3)n2)C1. The average molecular weight is 271 g/mol. The van der Waals surface area contributed by atoms with Crippen molar-refractivity contribution < 1.29 is 12.9 Å². The van der Waals surface area contributed by atoms with E-state index >= 15 is 0 Å². The Bertz CT molecular complexity index is 519. The lowest BCUT2D eigenvalue weighted by Gasteiger charge is -2.02. The molecule has 0 radical (unpaired) electrons. The van der Waals surface area contributed by atoms with E-state index in [9.17, 15) is 8.42 Å². The second-order valence-electron chi connectivity index (χ2n) is 5.21. The lowest BCUT2D eigenvalue weighted by atomic mass is 10.1. The van der Waals surface area contributed by atoms with Gasteiger partial charge in [0.2, 0.25) is 5.89 Å². The summed E-state index contributed by atoms with van der Waals surface area (Å²) in [5, 5.41) is 7.23. The fourth-order valence-electron chi connectivity index (χ4n) is 2.65. The Morgan fingerprint density at radius 3 is 2.94 bits per heavy atom. The summed E-state index contributed by atoms with van der Waals surface area (Å²) < 4.78 is 28.0. The third-order valence-electron chi connectivity index (χ3n) is 3.71. The molecule has 0 aromatic carbocycles. The molecule has 1 aromatic rings. The number of nitrogens with zero attached hydrogens (tertiary/aromatic N) is 2. The molecule has 0 bridgehead atoms. The van der Waals surface area contributed by atoms with Crippen LogP contribution in [0.25, 0.3) is 0 Å². The Hall–Kier alpha value is -0.950. The molecule has 0 saturated carbocycles. The zero-order chi connectivity index (χ0) is 12.6. The summed E-state index contributed by atoms with van der Waals surface area (Å²) in [5.74, 6) is 2.10. The van der Waals surface area contributed by atoms with Gasteiger partial charge in [-0.1, -0.05) is 5.16 Å². The van der Waals surface area contributed by atoms with Gasteiger partial charge in [0.25, 0.3) is 0 Å². The zero-order valence-corrected chi connectivity index (χ0v) is 10.9. The topological polar surface area (TPSA) is 85.1 Å². The molecule has 3 rings (SSSR count). The van der Waals surface area contributed by atoms with Gasteiger partial charge < -0.3 is 9.84 Å². The Morgan fingerprint density at radius 2 is 2.28 bits per heavy atom. The van der Waals surface area contributed by atoms with E-state index in [4.69, 9.17) is 4.52 Å². The molecule has 0 aliphatic carbocycles. The highest BCUT2D eigenvalue weighted by Crippen LogP contribution is 2.27. The summed E-state index contributed by atoms with van der Waals surface area (Å²) in [6.07, 6.45) is 2.54. The predicted octanol–water partition coefficient (Wildman–Crippen LogP) is 0.124. The second kappa shape index (κ2) is 4.62. The summed E-state index contributed by atoms with van der Waals surface area (Å²) in [6.45, 7) is 2.04. The van der Waals surface area contributed by atoms with Gasteiger partial charge >= 0.3 is 0 Å². The summed E-state index contributed by atoms with van der Waals surface area (Å²) in [6, 6.07) is 0. The van der Waals surface area contributed by atoms with Crippen LogP contribution in [0.15, 0.2) is 4.52 Å². The van der Waals surface area contributed by atoms with Crippen LogP contribution in [0.4, 0.5) is 0 Å². The Labute approximate surface area is 106 Å². The van der Waals surface area contributed by atoms with Crippen molar-refractivity contribution in [3.05, 3.63) is 11.7 Å². The maximum Gasteiger partial charge on any atom is 0.226 e. The normalized spacial score (nSPS) is 30.9. The number of aromatic nitrogens is 2. The Morgan fingerprint density at radius 1 is 1.39 bits per heavy atom. The van der Waals surface area contributed by atoms with Crippen molar-refractivity contribution in [1.29, 1.82) is 0 Å². The molecule has 18 heavy (non-hydrogen) atoms. The summed E-state index contributed by atoms with van der Waals surface area (Å²) in [7, 11) is -2.89. The van der Waals surface area contributed by atoms with Crippen molar-refractivity contribution in [3.8, 4) is 0 Å². The minimum absolute atomic E-state index is 0.0748. The first-order valence-corrected chi connectivity index (χ1v) is 8.18. The molecule has 100 valence electrons. The van der Waals surface area contributed by atoms with Crippen LogP contribution in [0.3, 0.4) is 0 Å².